The van der Waals surface area contributed by atoms with Gasteiger partial charge < -0.3 is 20.1 Å². The molecule has 0 spiro atoms. The average Bonchev–Trinajstić information content (AvgIpc) is 3.15. The predicted octanol–water partition coefficient (Wildman–Crippen LogP) is 3.60. The number of hydrogen-bond donors (Lipinski definition) is 3. The zero-order valence-corrected chi connectivity index (χ0v) is 15.7. The Hall–Kier alpha value is -2.89. The highest BCUT2D eigenvalue weighted by atomic mass is 16.3. The molecule has 5 nitrogen and oxygen atoms in total. The first kappa shape index (κ1) is 17.5. The number of nitrogens with zero attached hydrogens (tertiary/aromatic N) is 2. The lowest BCUT2D eigenvalue weighted by atomic mass is 9.99. The van der Waals surface area contributed by atoms with Crippen LogP contribution in [0.15, 0.2) is 53.5 Å². The zero-order valence-electron chi connectivity index (χ0n) is 15.7. The minimum atomic E-state index is -0.995. The van der Waals surface area contributed by atoms with E-state index in [1.165, 1.54) is 5.56 Å². The van der Waals surface area contributed by atoms with Crippen LogP contribution in [0.25, 0.3) is 11.3 Å². The van der Waals surface area contributed by atoms with E-state index in [2.05, 4.69) is 27.0 Å². The van der Waals surface area contributed by atoms with Crippen molar-refractivity contribution in [3.63, 3.8) is 0 Å². The van der Waals surface area contributed by atoms with E-state index >= 15 is 0 Å². The first-order valence-electron chi connectivity index (χ1n) is 8.96. The molecule has 1 aromatic heterocycles. The fourth-order valence-corrected chi connectivity index (χ4v) is 3.55. The number of aromatic nitrogens is 1. The molecule has 1 unspecified atom stereocenters. The molecule has 0 saturated carbocycles. The molecule has 1 aliphatic rings. The van der Waals surface area contributed by atoms with Crippen LogP contribution in [0.5, 0.6) is 5.88 Å². The van der Waals surface area contributed by atoms with Crippen molar-refractivity contribution < 1.29 is 10.2 Å². The lowest BCUT2D eigenvalue weighted by Gasteiger charge is -2.10. The van der Waals surface area contributed by atoms with Gasteiger partial charge in [-0.05, 0) is 32.1 Å². The summed E-state index contributed by atoms with van der Waals surface area (Å²) in [5.74, 6) is 0.0354. The number of fused-ring (bicyclic) bond motifs is 1. The molecule has 0 bridgehead atoms. The predicted molar refractivity (Wildman–Crippen MR) is 107 cm³/mol. The SMILES string of the molecule is Cc1ccc(C2=NC(O)c3c(-c4ccc(CN(C)C)cc4)[nH]c(O)c32)cc1. The Morgan fingerprint density at radius 3 is 2.26 bits per heavy atom. The molecule has 5 heteroatoms. The fourth-order valence-electron chi connectivity index (χ4n) is 3.55. The second kappa shape index (κ2) is 6.68. The van der Waals surface area contributed by atoms with Crippen molar-refractivity contribution in [1.82, 2.24) is 9.88 Å². The summed E-state index contributed by atoms with van der Waals surface area (Å²) in [5.41, 5.74) is 6.67. The molecule has 3 N–H and O–H groups in total. The van der Waals surface area contributed by atoms with Crippen LogP contribution in [0.1, 0.15) is 34.0 Å². The molecular weight excluding hydrogens is 338 g/mol. The average molecular weight is 361 g/mol. The minimum Gasteiger partial charge on any atom is -0.494 e. The van der Waals surface area contributed by atoms with E-state index in [-0.39, 0.29) is 5.88 Å². The monoisotopic (exact) mass is 361 g/mol. The normalized spacial score (nSPS) is 15.9. The number of aromatic hydroxyl groups is 1. The quantitative estimate of drug-likeness (QED) is 0.665. The van der Waals surface area contributed by atoms with Crippen LogP contribution in [0.3, 0.4) is 0 Å². The Labute approximate surface area is 158 Å². The molecule has 27 heavy (non-hydrogen) atoms. The summed E-state index contributed by atoms with van der Waals surface area (Å²) in [5, 5.41) is 21.1. The lowest BCUT2D eigenvalue weighted by molar-refractivity contribution is 0.193. The molecule has 138 valence electrons. The number of nitrogens with one attached hydrogen (secondary N) is 1. The third-order valence-electron chi connectivity index (χ3n) is 4.83. The highest BCUT2D eigenvalue weighted by molar-refractivity contribution is 6.17. The van der Waals surface area contributed by atoms with Crippen LogP contribution < -0.4 is 0 Å². The Morgan fingerprint density at radius 2 is 1.63 bits per heavy atom. The summed E-state index contributed by atoms with van der Waals surface area (Å²) < 4.78 is 0. The van der Waals surface area contributed by atoms with Gasteiger partial charge >= 0.3 is 0 Å². The molecule has 0 radical (unpaired) electrons. The maximum absolute atomic E-state index is 10.6. The van der Waals surface area contributed by atoms with Crippen molar-refractivity contribution in [1.29, 1.82) is 0 Å². The van der Waals surface area contributed by atoms with Crippen LogP contribution in [0, 0.1) is 6.92 Å². The highest BCUT2D eigenvalue weighted by Crippen LogP contribution is 2.42. The first-order valence-corrected chi connectivity index (χ1v) is 8.96. The van der Waals surface area contributed by atoms with Gasteiger partial charge in [-0.1, -0.05) is 54.1 Å². The van der Waals surface area contributed by atoms with Crippen LogP contribution in [-0.4, -0.2) is 39.9 Å². The van der Waals surface area contributed by atoms with E-state index in [9.17, 15) is 10.2 Å². The third kappa shape index (κ3) is 3.16. The van der Waals surface area contributed by atoms with Gasteiger partial charge in [0.15, 0.2) is 12.1 Å². The molecular formula is C22H23N3O2. The molecule has 0 aliphatic carbocycles. The van der Waals surface area contributed by atoms with Crippen molar-refractivity contribution in [2.75, 3.05) is 14.1 Å². The molecule has 2 aromatic carbocycles. The van der Waals surface area contributed by atoms with Crippen molar-refractivity contribution in [2.24, 2.45) is 4.99 Å². The summed E-state index contributed by atoms with van der Waals surface area (Å²) in [6, 6.07) is 16.0. The number of aliphatic imine (C=N–C) groups is 1. The summed E-state index contributed by atoms with van der Waals surface area (Å²) >= 11 is 0. The number of benzene rings is 2. The summed E-state index contributed by atoms with van der Waals surface area (Å²) in [4.78, 5) is 9.55. The smallest absolute Gasteiger partial charge is 0.198 e. The number of rotatable bonds is 4. The minimum absolute atomic E-state index is 0.0354. The van der Waals surface area contributed by atoms with E-state index in [0.29, 0.717) is 22.5 Å². The third-order valence-corrected chi connectivity index (χ3v) is 4.83. The number of aryl methyl sites for hydroxylation is 1. The number of hydrogen-bond acceptors (Lipinski definition) is 4. The lowest BCUT2D eigenvalue weighted by Crippen LogP contribution is -2.10. The standard InChI is InChI=1S/C22H23N3O2/c1-13-4-8-15(9-5-13)19-17-18(22(27)23-19)20(24-21(17)26)16-10-6-14(7-11-16)12-25(2)3/h4-11,22,24,26-27H,12H2,1-3H3. The first-order chi connectivity index (χ1) is 12.9. The van der Waals surface area contributed by atoms with E-state index in [0.717, 1.165) is 23.2 Å². The number of H-pyrrole nitrogens is 1. The van der Waals surface area contributed by atoms with Gasteiger partial charge in [-0.3, -0.25) is 0 Å². The molecule has 3 aromatic rings. The van der Waals surface area contributed by atoms with E-state index in [1.54, 1.807) is 0 Å². The van der Waals surface area contributed by atoms with Gasteiger partial charge in [-0.2, -0.15) is 0 Å². The second-order valence-electron chi connectivity index (χ2n) is 7.29. The molecule has 1 atom stereocenters. The molecule has 2 heterocycles. The van der Waals surface area contributed by atoms with Crippen LogP contribution in [0.4, 0.5) is 0 Å². The zero-order chi connectivity index (χ0) is 19.1. The number of aliphatic hydroxyl groups is 1. The van der Waals surface area contributed by atoms with Crippen molar-refractivity contribution >= 4 is 5.71 Å². The largest absolute Gasteiger partial charge is 0.494 e. The Morgan fingerprint density at radius 1 is 1.00 bits per heavy atom. The van der Waals surface area contributed by atoms with Crippen LogP contribution in [-0.2, 0) is 6.54 Å². The molecule has 4 rings (SSSR count). The van der Waals surface area contributed by atoms with Crippen molar-refractivity contribution in [3.8, 4) is 17.1 Å². The summed E-state index contributed by atoms with van der Waals surface area (Å²) in [6.45, 7) is 2.88. The summed E-state index contributed by atoms with van der Waals surface area (Å²) in [7, 11) is 4.06. The number of aromatic amines is 1. The van der Waals surface area contributed by atoms with E-state index in [4.69, 9.17) is 0 Å². The van der Waals surface area contributed by atoms with Crippen molar-refractivity contribution in [2.45, 2.75) is 19.7 Å². The topological polar surface area (TPSA) is 71.9 Å². The van der Waals surface area contributed by atoms with Crippen LogP contribution in [0.2, 0.25) is 0 Å². The Balaban J connectivity index is 1.74. The maximum atomic E-state index is 10.6. The van der Waals surface area contributed by atoms with Gasteiger partial charge in [-0.25, -0.2) is 4.99 Å². The molecule has 1 aliphatic heterocycles. The van der Waals surface area contributed by atoms with Crippen LogP contribution >= 0.6 is 0 Å². The van der Waals surface area contributed by atoms with Gasteiger partial charge in [0.05, 0.1) is 17.0 Å². The van der Waals surface area contributed by atoms with E-state index in [1.807, 2.05) is 57.4 Å². The van der Waals surface area contributed by atoms with Gasteiger partial charge in [-0.15, -0.1) is 0 Å². The van der Waals surface area contributed by atoms with Gasteiger partial charge in [0.1, 0.15) is 0 Å². The number of aliphatic hydroxyl groups excluding tert-OH is 1. The van der Waals surface area contributed by atoms with Gasteiger partial charge in [0, 0.05) is 17.7 Å². The fraction of sp³-hybridized carbons (Fsp3) is 0.227. The van der Waals surface area contributed by atoms with Crippen molar-refractivity contribution in [3.05, 3.63) is 76.3 Å². The van der Waals surface area contributed by atoms with E-state index < -0.39 is 6.23 Å². The second-order valence-corrected chi connectivity index (χ2v) is 7.29. The Kier molecular flexibility index (Phi) is 4.34. The molecule has 0 fully saturated rings. The molecule has 0 amide bonds. The van der Waals surface area contributed by atoms with Gasteiger partial charge in [0.25, 0.3) is 0 Å². The highest BCUT2D eigenvalue weighted by Gasteiger charge is 2.33. The molecule has 0 saturated heterocycles. The maximum Gasteiger partial charge on any atom is 0.198 e. The summed E-state index contributed by atoms with van der Waals surface area (Å²) in [6.07, 6.45) is -0.995. The Bertz CT molecular complexity index is 999. The van der Waals surface area contributed by atoms with Gasteiger partial charge in [0.2, 0.25) is 0 Å².